The molecule has 7 nitrogen and oxygen atoms in total. The quantitative estimate of drug-likeness (QED) is 0.803. The highest BCUT2D eigenvalue weighted by atomic mass is 16.7. The summed E-state index contributed by atoms with van der Waals surface area (Å²) in [7, 11) is 1.42. The van der Waals surface area contributed by atoms with E-state index in [1.807, 2.05) is 6.07 Å². The smallest absolute Gasteiger partial charge is 0.305 e. The number of ether oxygens (including phenoxy) is 3. The molecule has 0 aromatic heterocycles. The number of benzene rings is 1. The van der Waals surface area contributed by atoms with Gasteiger partial charge in [-0.3, -0.25) is 9.59 Å². The second kappa shape index (κ2) is 6.94. The largest absolute Gasteiger partial charge is 0.481 e. The van der Waals surface area contributed by atoms with Crippen LogP contribution < -0.4 is 9.47 Å². The molecule has 0 spiro atoms. The topological polar surface area (TPSA) is 85.3 Å². The number of amides is 1. The Balaban J connectivity index is 2.06. The number of rotatable bonds is 7. The zero-order valence-electron chi connectivity index (χ0n) is 11.7. The first-order valence-corrected chi connectivity index (χ1v) is 6.47. The molecule has 0 bridgehead atoms. The molecule has 114 valence electrons. The van der Waals surface area contributed by atoms with Gasteiger partial charge in [0.25, 0.3) is 0 Å². The summed E-state index contributed by atoms with van der Waals surface area (Å²) in [5.41, 5.74) is 0.842. The molecule has 0 fully saturated rings. The number of hydrogen-bond donors (Lipinski definition) is 1. The monoisotopic (exact) mass is 295 g/mol. The van der Waals surface area contributed by atoms with E-state index in [2.05, 4.69) is 0 Å². The molecule has 0 saturated heterocycles. The van der Waals surface area contributed by atoms with Crippen molar-refractivity contribution >= 4 is 11.9 Å². The van der Waals surface area contributed by atoms with E-state index in [0.29, 0.717) is 18.0 Å². The van der Waals surface area contributed by atoms with Crippen LogP contribution in [0.15, 0.2) is 18.2 Å². The van der Waals surface area contributed by atoms with Gasteiger partial charge in [0.1, 0.15) is 6.61 Å². The predicted molar refractivity (Wildman–Crippen MR) is 72.1 cm³/mol. The average Bonchev–Trinajstić information content (AvgIpc) is 2.90. The van der Waals surface area contributed by atoms with Crippen molar-refractivity contribution in [2.75, 3.05) is 27.1 Å². The molecular weight excluding hydrogens is 278 g/mol. The van der Waals surface area contributed by atoms with Gasteiger partial charge in [-0.15, -0.1) is 0 Å². The van der Waals surface area contributed by atoms with Gasteiger partial charge < -0.3 is 24.2 Å². The Morgan fingerprint density at radius 3 is 2.81 bits per heavy atom. The number of carbonyl (C=O) groups excluding carboxylic acids is 1. The second-order valence-electron chi connectivity index (χ2n) is 4.58. The highest BCUT2D eigenvalue weighted by Gasteiger charge is 2.18. The zero-order chi connectivity index (χ0) is 15.2. The molecular formula is C14H17NO6. The maximum atomic E-state index is 11.9. The molecule has 0 unspecified atom stereocenters. The van der Waals surface area contributed by atoms with Crippen molar-refractivity contribution in [1.82, 2.24) is 4.90 Å². The SMILES string of the molecule is COCC(=O)N(CCC(=O)O)Cc1ccc2c(c1)OCO2. The van der Waals surface area contributed by atoms with Crippen LogP contribution in [0.1, 0.15) is 12.0 Å². The second-order valence-corrected chi connectivity index (χ2v) is 4.58. The van der Waals surface area contributed by atoms with Gasteiger partial charge in [-0.05, 0) is 17.7 Å². The minimum atomic E-state index is -0.948. The third-order valence-corrected chi connectivity index (χ3v) is 3.03. The summed E-state index contributed by atoms with van der Waals surface area (Å²) in [5, 5.41) is 8.76. The van der Waals surface area contributed by atoms with Crippen LogP contribution in [0, 0.1) is 0 Å². The number of carboxylic acids is 1. The Hall–Kier alpha value is -2.28. The Kier molecular flexibility index (Phi) is 4.99. The van der Waals surface area contributed by atoms with Crippen LogP contribution in [-0.4, -0.2) is 48.9 Å². The van der Waals surface area contributed by atoms with Crippen molar-refractivity contribution in [1.29, 1.82) is 0 Å². The first kappa shape index (κ1) is 15.1. The van der Waals surface area contributed by atoms with Crippen molar-refractivity contribution in [2.45, 2.75) is 13.0 Å². The minimum absolute atomic E-state index is 0.0792. The summed E-state index contributed by atoms with van der Waals surface area (Å²) < 4.78 is 15.3. The van der Waals surface area contributed by atoms with Gasteiger partial charge in [0.05, 0.1) is 6.42 Å². The number of carbonyl (C=O) groups is 2. The van der Waals surface area contributed by atoms with Gasteiger partial charge in [0, 0.05) is 20.2 Å². The summed E-state index contributed by atoms with van der Waals surface area (Å²) in [5.74, 6) is 0.0937. The van der Waals surface area contributed by atoms with Crippen molar-refractivity contribution in [3.8, 4) is 11.5 Å². The number of carboxylic acid groups (broad SMARTS) is 1. The molecule has 2 rings (SSSR count). The van der Waals surface area contributed by atoms with E-state index in [4.69, 9.17) is 19.3 Å². The van der Waals surface area contributed by atoms with Crippen molar-refractivity contribution in [3.05, 3.63) is 23.8 Å². The van der Waals surface area contributed by atoms with E-state index in [-0.39, 0.29) is 32.3 Å². The minimum Gasteiger partial charge on any atom is -0.481 e. The lowest BCUT2D eigenvalue weighted by Crippen LogP contribution is -2.35. The molecule has 1 aliphatic heterocycles. The van der Waals surface area contributed by atoms with Crippen LogP contribution in [0.2, 0.25) is 0 Å². The normalized spacial score (nSPS) is 12.2. The Morgan fingerprint density at radius 1 is 1.33 bits per heavy atom. The fourth-order valence-electron chi connectivity index (χ4n) is 2.00. The Labute approximate surface area is 122 Å². The molecule has 0 radical (unpaired) electrons. The lowest BCUT2D eigenvalue weighted by Gasteiger charge is -2.22. The van der Waals surface area contributed by atoms with Gasteiger partial charge in [-0.1, -0.05) is 6.07 Å². The van der Waals surface area contributed by atoms with Gasteiger partial charge in [-0.25, -0.2) is 0 Å². The van der Waals surface area contributed by atoms with Crippen LogP contribution in [0.5, 0.6) is 11.5 Å². The fraction of sp³-hybridized carbons (Fsp3) is 0.429. The number of fused-ring (bicyclic) bond motifs is 1. The van der Waals surface area contributed by atoms with E-state index in [0.717, 1.165) is 5.56 Å². The molecule has 0 aliphatic carbocycles. The lowest BCUT2D eigenvalue weighted by molar-refractivity contribution is -0.140. The Morgan fingerprint density at radius 2 is 2.10 bits per heavy atom. The van der Waals surface area contributed by atoms with Crippen LogP contribution >= 0.6 is 0 Å². The van der Waals surface area contributed by atoms with Gasteiger partial charge >= 0.3 is 5.97 Å². The van der Waals surface area contributed by atoms with Gasteiger partial charge in [0.15, 0.2) is 11.5 Å². The summed E-state index contributed by atoms with van der Waals surface area (Å²) in [6.07, 6.45) is -0.111. The standard InChI is InChI=1S/C14H17NO6/c1-19-8-13(16)15(5-4-14(17)18)7-10-2-3-11-12(6-10)21-9-20-11/h2-3,6H,4-5,7-9H2,1H3,(H,17,18). The van der Waals surface area contributed by atoms with E-state index in [1.54, 1.807) is 12.1 Å². The van der Waals surface area contributed by atoms with Crippen LogP contribution in [-0.2, 0) is 20.9 Å². The highest BCUT2D eigenvalue weighted by molar-refractivity contribution is 5.78. The molecule has 7 heteroatoms. The van der Waals surface area contributed by atoms with Crippen molar-refractivity contribution in [3.63, 3.8) is 0 Å². The van der Waals surface area contributed by atoms with E-state index < -0.39 is 5.97 Å². The van der Waals surface area contributed by atoms with Crippen LogP contribution in [0.3, 0.4) is 0 Å². The number of methoxy groups -OCH3 is 1. The molecule has 1 aliphatic rings. The molecule has 1 N–H and O–H groups in total. The molecule has 0 atom stereocenters. The predicted octanol–water partition coefficient (Wildman–Crippen LogP) is 0.865. The maximum Gasteiger partial charge on any atom is 0.305 e. The lowest BCUT2D eigenvalue weighted by atomic mass is 10.2. The average molecular weight is 295 g/mol. The van der Waals surface area contributed by atoms with E-state index in [9.17, 15) is 9.59 Å². The summed E-state index contributed by atoms with van der Waals surface area (Å²) >= 11 is 0. The molecule has 1 aromatic rings. The molecule has 1 aromatic carbocycles. The van der Waals surface area contributed by atoms with Crippen molar-refractivity contribution < 1.29 is 28.9 Å². The fourth-order valence-corrected chi connectivity index (χ4v) is 2.00. The third-order valence-electron chi connectivity index (χ3n) is 3.03. The first-order chi connectivity index (χ1) is 10.1. The molecule has 1 amide bonds. The molecule has 1 heterocycles. The maximum absolute atomic E-state index is 11.9. The van der Waals surface area contributed by atoms with E-state index in [1.165, 1.54) is 12.0 Å². The zero-order valence-corrected chi connectivity index (χ0v) is 11.7. The number of aliphatic carboxylic acids is 1. The van der Waals surface area contributed by atoms with Gasteiger partial charge in [0.2, 0.25) is 12.7 Å². The highest BCUT2D eigenvalue weighted by Crippen LogP contribution is 2.32. The Bertz CT molecular complexity index is 530. The third kappa shape index (κ3) is 4.09. The van der Waals surface area contributed by atoms with Gasteiger partial charge in [-0.2, -0.15) is 0 Å². The number of hydrogen-bond acceptors (Lipinski definition) is 5. The summed E-state index contributed by atoms with van der Waals surface area (Å²) in [4.78, 5) is 24.1. The van der Waals surface area contributed by atoms with E-state index >= 15 is 0 Å². The summed E-state index contributed by atoms with van der Waals surface area (Å²) in [6.45, 7) is 0.534. The summed E-state index contributed by atoms with van der Waals surface area (Å²) in [6, 6.07) is 5.38. The van der Waals surface area contributed by atoms with Crippen molar-refractivity contribution in [2.24, 2.45) is 0 Å². The van der Waals surface area contributed by atoms with Crippen LogP contribution in [0.25, 0.3) is 0 Å². The first-order valence-electron chi connectivity index (χ1n) is 6.47. The number of nitrogens with zero attached hydrogens (tertiary/aromatic N) is 1. The van der Waals surface area contributed by atoms with Crippen LogP contribution in [0.4, 0.5) is 0 Å². The molecule has 21 heavy (non-hydrogen) atoms. The molecule has 0 saturated carbocycles.